The molecule has 0 aliphatic carbocycles. The molecule has 0 radical (unpaired) electrons. The SMILES string of the molecule is CN1CCN(C(c2ccccn2)c2c(-c3ccccc3)[nH]c3ccccc23)CC1. The van der Waals surface area contributed by atoms with E-state index < -0.39 is 0 Å². The molecule has 4 heteroatoms. The standard InChI is InChI=1S/C25H26N4/c1-28-15-17-29(18-16-28)25(22-13-7-8-14-26-22)23-20-11-5-6-12-21(20)27-24(23)19-9-3-2-4-10-19/h2-14,25,27H,15-18H2,1H3. The molecule has 2 aromatic carbocycles. The van der Waals surface area contributed by atoms with Gasteiger partial charge in [-0.2, -0.15) is 0 Å². The number of pyridine rings is 1. The molecule has 1 saturated heterocycles. The average Bonchev–Trinajstić information content (AvgIpc) is 3.16. The van der Waals surface area contributed by atoms with Gasteiger partial charge in [-0.25, -0.2) is 0 Å². The number of para-hydroxylation sites is 1. The van der Waals surface area contributed by atoms with E-state index in [9.17, 15) is 0 Å². The number of H-pyrrole nitrogens is 1. The second-order valence-corrected chi connectivity index (χ2v) is 7.82. The minimum atomic E-state index is 0.122. The van der Waals surface area contributed by atoms with E-state index in [4.69, 9.17) is 4.98 Å². The van der Waals surface area contributed by atoms with E-state index in [2.05, 4.69) is 88.6 Å². The fourth-order valence-electron chi connectivity index (χ4n) is 4.42. The molecular formula is C25H26N4. The van der Waals surface area contributed by atoms with Crippen molar-refractivity contribution in [3.05, 3.63) is 90.3 Å². The Hall–Kier alpha value is -2.95. The van der Waals surface area contributed by atoms with Gasteiger partial charge in [-0.3, -0.25) is 9.88 Å². The van der Waals surface area contributed by atoms with Crippen LogP contribution in [0, 0.1) is 0 Å². The third-order valence-corrected chi connectivity index (χ3v) is 5.95. The van der Waals surface area contributed by atoms with Gasteiger partial charge in [0.2, 0.25) is 0 Å². The lowest BCUT2D eigenvalue weighted by atomic mass is 9.94. The molecule has 2 aromatic heterocycles. The maximum absolute atomic E-state index is 4.80. The Kier molecular flexibility index (Phi) is 4.88. The zero-order valence-electron chi connectivity index (χ0n) is 16.8. The van der Waals surface area contributed by atoms with Crippen LogP contribution in [-0.2, 0) is 0 Å². The van der Waals surface area contributed by atoms with Crippen molar-refractivity contribution < 1.29 is 0 Å². The third-order valence-electron chi connectivity index (χ3n) is 5.95. The summed E-state index contributed by atoms with van der Waals surface area (Å²) in [7, 11) is 2.20. The van der Waals surface area contributed by atoms with Crippen LogP contribution < -0.4 is 0 Å². The van der Waals surface area contributed by atoms with Crippen LogP contribution in [0.15, 0.2) is 79.0 Å². The summed E-state index contributed by atoms with van der Waals surface area (Å²) in [6.45, 7) is 4.22. The number of aromatic nitrogens is 2. The molecule has 0 saturated carbocycles. The Bertz CT molecular complexity index is 1080. The Morgan fingerprint density at radius 3 is 2.31 bits per heavy atom. The number of hydrogen-bond donors (Lipinski definition) is 1. The van der Waals surface area contributed by atoms with E-state index in [1.165, 1.54) is 27.7 Å². The monoisotopic (exact) mass is 382 g/mol. The van der Waals surface area contributed by atoms with Crippen molar-refractivity contribution in [2.24, 2.45) is 0 Å². The molecule has 0 bridgehead atoms. The zero-order chi connectivity index (χ0) is 19.6. The van der Waals surface area contributed by atoms with E-state index in [1.807, 2.05) is 12.3 Å². The van der Waals surface area contributed by atoms with Gasteiger partial charge in [0.1, 0.15) is 0 Å². The maximum Gasteiger partial charge on any atom is 0.0804 e. The predicted octanol–water partition coefficient (Wildman–Crippen LogP) is 4.57. The average molecular weight is 383 g/mol. The van der Waals surface area contributed by atoms with Crippen LogP contribution in [0.3, 0.4) is 0 Å². The molecule has 1 aliphatic rings. The summed E-state index contributed by atoms with van der Waals surface area (Å²) in [5.41, 5.74) is 6.03. The minimum Gasteiger partial charge on any atom is -0.354 e. The molecule has 146 valence electrons. The number of piperazine rings is 1. The number of fused-ring (bicyclic) bond motifs is 1. The number of aromatic amines is 1. The first kappa shape index (κ1) is 18.1. The van der Waals surface area contributed by atoms with Crippen LogP contribution in [0.5, 0.6) is 0 Å². The van der Waals surface area contributed by atoms with Gasteiger partial charge in [0.25, 0.3) is 0 Å². The summed E-state index contributed by atoms with van der Waals surface area (Å²) in [5.74, 6) is 0. The molecule has 1 atom stereocenters. The quantitative estimate of drug-likeness (QED) is 0.562. The number of benzene rings is 2. The second kappa shape index (κ2) is 7.82. The highest BCUT2D eigenvalue weighted by molar-refractivity contribution is 5.91. The molecule has 29 heavy (non-hydrogen) atoms. The Morgan fingerprint density at radius 1 is 0.828 bits per heavy atom. The predicted molar refractivity (Wildman–Crippen MR) is 119 cm³/mol. The van der Waals surface area contributed by atoms with Crippen LogP contribution in [0.2, 0.25) is 0 Å². The summed E-state index contributed by atoms with van der Waals surface area (Å²) in [6.07, 6.45) is 1.91. The summed E-state index contributed by atoms with van der Waals surface area (Å²) < 4.78 is 0. The molecule has 0 spiro atoms. The van der Waals surface area contributed by atoms with Gasteiger partial charge in [-0.05, 0) is 30.8 Å². The molecule has 1 N–H and O–H groups in total. The van der Waals surface area contributed by atoms with Gasteiger partial charge >= 0.3 is 0 Å². The molecular weight excluding hydrogens is 356 g/mol. The highest BCUT2D eigenvalue weighted by Crippen LogP contribution is 2.40. The highest BCUT2D eigenvalue weighted by atomic mass is 15.3. The normalized spacial score (nSPS) is 16.9. The first-order valence-corrected chi connectivity index (χ1v) is 10.3. The third kappa shape index (κ3) is 3.46. The molecule has 1 aliphatic heterocycles. The smallest absolute Gasteiger partial charge is 0.0804 e. The number of hydrogen-bond acceptors (Lipinski definition) is 3. The summed E-state index contributed by atoms with van der Waals surface area (Å²) in [5, 5.41) is 1.28. The number of rotatable bonds is 4. The first-order valence-electron chi connectivity index (χ1n) is 10.3. The van der Waals surface area contributed by atoms with Crippen LogP contribution in [0.4, 0.5) is 0 Å². The van der Waals surface area contributed by atoms with Crippen LogP contribution in [0.1, 0.15) is 17.3 Å². The van der Waals surface area contributed by atoms with Gasteiger partial charge in [0.05, 0.1) is 17.4 Å². The first-order chi connectivity index (χ1) is 14.3. The number of likely N-dealkylation sites (N-methyl/N-ethyl adjacent to an activating group) is 1. The lowest BCUT2D eigenvalue weighted by Crippen LogP contribution is -2.46. The minimum absolute atomic E-state index is 0.122. The molecule has 5 rings (SSSR count). The second-order valence-electron chi connectivity index (χ2n) is 7.82. The van der Waals surface area contributed by atoms with Crippen LogP contribution >= 0.6 is 0 Å². The molecule has 0 amide bonds. The fraction of sp³-hybridized carbons (Fsp3) is 0.240. The molecule has 1 fully saturated rings. The van der Waals surface area contributed by atoms with E-state index in [1.54, 1.807) is 0 Å². The van der Waals surface area contributed by atoms with Crippen LogP contribution in [0.25, 0.3) is 22.2 Å². The topological polar surface area (TPSA) is 35.2 Å². The molecule has 4 aromatic rings. The van der Waals surface area contributed by atoms with E-state index >= 15 is 0 Å². The van der Waals surface area contributed by atoms with Gasteiger partial charge in [-0.15, -0.1) is 0 Å². The van der Waals surface area contributed by atoms with Gasteiger partial charge in [0.15, 0.2) is 0 Å². The van der Waals surface area contributed by atoms with Crippen molar-refractivity contribution in [2.45, 2.75) is 6.04 Å². The summed E-state index contributed by atoms with van der Waals surface area (Å²) >= 11 is 0. The van der Waals surface area contributed by atoms with Crippen molar-refractivity contribution in [2.75, 3.05) is 33.2 Å². The van der Waals surface area contributed by atoms with Gasteiger partial charge < -0.3 is 9.88 Å². The lowest BCUT2D eigenvalue weighted by molar-refractivity contribution is 0.126. The van der Waals surface area contributed by atoms with E-state index in [0.29, 0.717) is 0 Å². The van der Waals surface area contributed by atoms with Crippen molar-refractivity contribution in [3.63, 3.8) is 0 Å². The highest BCUT2D eigenvalue weighted by Gasteiger charge is 2.31. The molecule has 4 nitrogen and oxygen atoms in total. The van der Waals surface area contributed by atoms with Gasteiger partial charge in [-0.1, -0.05) is 54.6 Å². The number of nitrogens with one attached hydrogen (secondary N) is 1. The maximum atomic E-state index is 4.80. The largest absolute Gasteiger partial charge is 0.354 e. The van der Waals surface area contributed by atoms with Crippen molar-refractivity contribution in [1.82, 2.24) is 19.8 Å². The number of nitrogens with zero attached hydrogens (tertiary/aromatic N) is 3. The van der Waals surface area contributed by atoms with E-state index in [-0.39, 0.29) is 6.04 Å². The van der Waals surface area contributed by atoms with Crippen molar-refractivity contribution >= 4 is 10.9 Å². The summed E-state index contributed by atoms with van der Waals surface area (Å²) in [6, 6.07) is 25.7. The lowest BCUT2D eigenvalue weighted by Gasteiger charge is -2.38. The Morgan fingerprint density at radius 2 is 1.55 bits per heavy atom. The molecule has 1 unspecified atom stereocenters. The van der Waals surface area contributed by atoms with Crippen molar-refractivity contribution in [1.29, 1.82) is 0 Å². The van der Waals surface area contributed by atoms with Gasteiger partial charge in [0, 0.05) is 48.8 Å². The Balaban J connectivity index is 1.73. The zero-order valence-corrected chi connectivity index (χ0v) is 16.8. The Labute approximate surface area is 171 Å². The summed E-state index contributed by atoms with van der Waals surface area (Å²) in [4.78, 5) is 13.5. The van der Waals surface area contributed by atoms with E-state index in [0.717, 1.165) is 31.9 Å². The fourth-order valence-corrected chi connectivity index (χ4v) is 4.42. The van der Waals surface area contributed by atoms with Crippen molar-refractivity contribution in [3.8, 4) is 11.3 Å². The van der Waals surface area contributed by atoms with Crippen LogP contribution in [-0.4, -0.2) is 53.0 Å². The molecule has 3 heterocycles.